The van der Waals surface area contributed by atoms with Crippen LogP contribution >= 0.6 is 22.7 Å². The molecule has 0 fully saturated rings. The standard InChI is InChI=1S/C13H8N4OS2/c14-8-1-3-20-11(8)13-16-12(17-18-13)7-5-10-9(15-6-7)2-4-19-10/h1-6H,14H2. The first-order valence-electron chi connectivity index (χ1n) is 5.82. The van der Waals surface area contributed by atoms with Gasteiger partial charge in [-0.15, -0.1) is 22.7 Å². The number of hydrogen-bond acceptors (Lipinski definition) is 7. The van der Waals surface area contributed by atoms with E-state index >= 15 is 0 Å². The van der Waals surface area contributed by atoms with E-state index in [1.54, 1.807) is 17.5 Å². The van der Waals surface area contributed by atoms with Crippen LogP contribution in [-0.4, -0.2) is 15.1 Å². The Labute approximate surface area is 121 Å². The Morgan fingerprint density at radius 3 is 2.90 bits per heavy atom. The Morgan fingerprint density at radius 1 is 1.15 bits per heavy atom. The molecular formula is C13H8N4OS2. The van der Waals surface area contributed by atoms with Crippen molar-refractivity contribution in [1.82, 2.24) is 15.1 Å². The van der Waals surface area contributed by atoms with Crippen molar-refractivity contribution in [1.29, 1.82) is 0 Å². The van der Waals surface area contributed by atoms with E-state index in [4.69, 9.17) is 10.3 Å². The van der Waals surface area contributed by atoms with Crippen LogP contribution in [-0.2, 0) is 0 Å². The molecule has 0 bridgehead atoms. The zero-order chi connectivity index (χ0) is 13.5. The average molecular weight is 300 g/mol. The SMILES string of the molecule is Nc1ccsc1-c1nc(-c2cnc3ccsc3c2)no1. The third-order valence-corrected chi connectivity index (χ3v) is 4.65. The maximum Gasteiger partial charge on any atom is 0.270 e. The molecule has 0 amide bonds. The van der Waals surface area contributed by atoms with Crippen molar-refractivity contribution >= 4 is 38.6 Å². The second kappa shape index (κ2) is 4.39. The molecule has 0 aliphatic carbocycles. The highest BCUT2D eigenvalue weighted by Crippen LogP contribution is 2.32. The smallest absolute Gasteiger partial charge is 0.270 e. The fourth-order valence-corrected chi connectivity index (χ4v) is 3.41. The first-order chi connectivity index (χ1) is 9.81. The van der Waals surface area contributed by atoms with Crippen LogP contribution < -0.4 is 5.73 Å². The third-order valence-electron chi connectivity index (χ3n) is 2.88. The summed E-state index contributed by atoms with van der Waals surface area (Å²) in [6, 6.07) is 5.82. The van der Waals surface area contributed by atoms with Crippen LogP contribution in [0.4, 0.5) is 5.69 Å². The van der Waals surface area contributed by atoms with Crippen molar-refractivity contribution in [3.8, 4) is 22.2 Å². The Morgan fingerprint density at radius 2 is 2.05 bits per heavy atom. The van der Waals surface area contributed by atoms with Crippen molar-refractivity contribution in [2.24, 2.45) is 0 Å². The monoisotopic (exact) mass is 300 g/mol. The van der Waals surface area contributed by atoms with Crippen LogP contribution in [0, 0.1) is 0 Å². The molecule has 4 rings (SSSR count). The summed E-state index contributed by atoms with van der Waals surface area (Å²) < 4.78 is 6.38. The Kier molecular flexibility index (Phi) is 2.54. The molecule has 20 heavy (non-hydrogen) atoms. The van der Waals surface area contributed by atoms with Gasteiger partial charge in [0.05, 0.1) is 15.9 Å². The van der Waals surface area contributed by atoms with E-state index in [-0.39, 0.29) is 0 Å². The Hall–Kier alpha value is -2.25. The number of thiophene rings is 2. The first kappa shape index (κ1) is 11.6. The predicted molar refractivity (Wildman–Crippen MR) is 80.6 cm³/mol. The lowest BCUT2D eigenvalue weighted by molar-refractivity contribution is 0.433. The molecule has 0 saturated carbocycles. The largest absolute Gasteiger partial charge is 0.397 e. The molecule has 5 nitrogen and oxygen atoms in total. The minimum Gasteiger partial charge on any atom is -0.397 e. The van der Waals surface area contributed by atoms with Gasteiger partial charge in [-0.1, -0.05) is 5.16 Å². The number of nitrogens with zero attached hydrogens (tertiary/aromatic N) is 3. The number of fused-ring (bicyclic) bond motifs is 1. The van der Waals surface area contributed by atoms with Crippen LogP contribution in [0.3, 0.4) is 0 Å². The number of anilines is 1. The van der Waals surface area contributed by atoms with E-state index in [1.165, 1.54) is 11.3 Å². The highest BCUT2D eigenvalue weighted by molar-refractivity contribution is 7.17. The van der Waals surface area contributed by atoms with Crippen LogP contribution in [0.15, 0.2) is 39.7 Å². The van der Waals surface area contributed by atoms with Gasteiger partial charge in [-0.05, 0) is 29.0 Å². The molecule has 0 aliphatic rings. The van der Waals surface area contributed by atoms with Gasteiger partial charge >= 0.3 is 0 Å². The summed E-state index contributed by atoms with van der Waals surface area (Å²) in [6.07, 6.45) is 1.75. The van der Waals surface area contributed by atoms with Gasteiger partial charge in [0.2, 0.25) is 5.82 Å². The fraction of sp³-hybridized carbons (Fsp3) is 0. The number of nitrogen functional groups attached to an aromatic ring is 1. The maximum atomic E-state index is 5.85. The molecule has 0 aromatic carbocycles. The van der Waals surface area contributed by atoms with Crippen molar-refractivity contribution in [3.05, 3.63) is 35.2 Å². The fourth-order valence-electron chi connectivity index (χ4n) is 1.89. The molecule has 4 heterocycles. The molecule has 0 spiro atoms. The normalized spacial score (nSPS) is 11.2. The summed E-state index contributed by atoms with van der Waals surface area (Å²) in [5, 5.41) is 7.91. The molecule has 0 aliphatic heterocycles. The summed E-state index contributed by atoms with van der Waals surface area (Å²) in [4.78, 5) is 9.57. The second-order valence-corrected chi connectivity index (χ2v) is 6.02. The molecule has 7 heteroatoms. The van der Waals surface area contributed by atoms with E-state index < -0.39 is 0 Å². The summed E-state index contributed by atoms with van der Waals surface area (Å²) in [5.41, 5.74) is 8.32. The predicted octanol–water partition coefficient (Wildman–Crippen LogP) is 3.66. The molecule has 4 aromatic heterocycles. The minimum absolute atomic E-state index is 0.443. The van der Waals surface area contributed by atoms with Gasteiger partial charge in [0, 0.05) is 11.8 Å². The lowest BCUT2D eigenvalue weighted by Gasteiger charge is -1.93. The van der Waals surface area contributed by atoms with E-state index in [9.17, 15) is 0 Å². The topological polar surface area (TPSA) is 77.8 Å². The lowest BCUT2D eigenvalue weighted by atomic mass is 10.2. The second-order valence-electron chi connectivity index (χ2n) is 4.16. The lowest BCUT2D eigenvalue weighted by Crippen LogP contribution is -1.85. The van der Waals surface area contributed by atoms with E-state index in [0.29, 0.717) is 17.4 Å². The average Bonchev–Trinajstić information content (AvgIpc) is 3.17. The third kappa shape index (κ3) is 1.79. The maximum absolute atomic E-state index is 5.85. The van der Waals surface area contributed by atoms with Crippen molar-refractivity contribution in [3.63, 3.8) is 0 Å². The van der Waals surface area contributed by atoms with Crippen molar-refractivity contribution < 1.29 is 4.52 Å². The van der Waals surface area contributed by atoms with Gasteiger partial charge in [0.15, 0.2) is 0 Å². The van der Waals surface area contributed by atoms with Gasteiger partial charge < -0.3 is 10.3 Å². The van der Waals surface area contributed by atoms with Crippen LogP contribution in [0.25, 0.3) is 32.4 Å². The van der Waals surface area contributed by atoms with Gasteiger partial charge in [-0.2, -0.15) is 4.98 Å². The summed E-state index contributed by atoms with van der Waals surface area (Å²) in [6.45, 7) is 0. The van der Waals surface area contributed by atoms with Gasteiger partial charge in [0.25, 0.3) is 5.89 Å². The van der Waals surface area contributed by atoms with Crippen molar-refractivity contribution in [2.45, 2.75) is 0 Å². The van der Waals surface area contributed by atoms with Crippen molar-refractivity contribution in [2.75, 3.05) is 5.73 Å². The molecule has 0 unspecified atom stereocenters. The quantitative estimate of drug-likeness (QED) is 0.611. The number of nitrogens with two attached hydrogens (primary N) is 1. The first-order valence-corrected chi connectivity index (χ1v) is 7.58. The van der Waals surface area contributed by atoms with E-state index in [0.717, 1.165) is 20.7 Å². The van der Waals surface area contributed by atoms with E-state index in [2.05, 4.69) is 15.1 Å². The Balaban J connectivity index is 1.79. The zero-order valence-electron chi connectivity index (χ0n) is 10.1. The number of hydrogen-bond donors (Lipinski definition) is 1. The van der Waals surface area contributed by atoms with Gasteiger partial charge in [-0.25, -0.2) is 0 Å². The molecule has 98 valence electrons. The highest BCUT2D eigenvalue weighted by atomic mass is 32.1. The molecule has 0 radical (unpaired) electrons. The zero-order valence-corrected chi connectivity index (χ0v) is 11.7. The minimum atomic E-state index is 0.443. The molecule has 0 atom stereocenters. The van der Waals surface area contributed by atoms with Gasteiger partial charge in [-0.3, -0.25) is 4.98 Å². The Bertz CT molecular complexity index is 892. The van der Waals surface area contributed by atoms with Crippen LogP contribution in [0.2, 0.25) is 0 Å². The summed E-state index contributed by atoms with van der Waals surface area (Å²) in [5.74, 6) is 0.967. The molecular weight excluding hydrogens is 292 g/mol. The number of pyridine rings is 1. The highest BCUT2D eigenvalue weighted by Gasteiger charge is 2.14. The van der Waals surface area contributed by atoms with Crippen LogP contribution in [0.5, 0.6) is 0 Å². The summed E-state index contributed by atoms with van der Waals surface area (Å²) >= 11 is 3.12. The van der Waals surface area contributed by atoms with E-state index in [1.807, 2.05) is 29.0 Å². The number of aromatic nitrogens is 3. The molecule has 0 saturated heterocycles. The molecule has 2 N–H and O–H groups in total. The molecule has 4 aromatic rings. The van der Waals surface area contributed by atoms with Crippen LogP contribution in [0.1, 0.15) is 0 Å². The summed E-state index contributed by atoms with van der Waals surface area (Å²) in [7, 11) is 0. The van der Waals surface area contributed by atoms with Gasteiger partial charge in [0.1, 0.15) is 4.88 Å². The number of rotatable bonds is 2.